The number of nitrogens with zero attached hydrogens (tertiary/aromatic N) is 5. The first-order chi connectivity index (χ1) is 13.6. The number of nitrogen functional groups attached to an aromatic ring is 1. The quantitative estimate of drug-likeness (QED) is 0.517. The lowest BCUT2D eigenvalue weighted by molar-refractivity contribution is 0.850. The van der Waals surface area contributed by atoms with Crippen molar-refractivity contribution in [2.45, 2.75) is 0 Å². The van der Waals surface area contributed by atoms with E-state index in [0.717, 1.165) is 28.0 Å². The molecule has 7 heteroatoms. The summed E-state index contributed by atoms with van der Waals surface area (Å²) in [6.45, 7) is 0. The highest BCUT2D eigenvalue weighted by molar-refractivity contribution is 5.85. The van der Waals surface area contributed by atoms with Crippen molar-refractivity contribution in [2.75, 3.05) is 5.73 Å². The Balaban J connectivity index is 1.81. The summed E-state index contributed by atoms with van der Waals surface area (Å²) < 4.78 is 3.41. The molecule has 0 aliphatic heterocycles. The van der Waals surface area contributed by atoms with Gasteiger partial charge in [-0.25, -0.2) is 9.50 Å². The van der Waals surface area contributed by atoms with Crippen LogP contribution in [0.25, 0.3) is 39.1 Å². The molecule has 0 saturated heterocycles. The first kappa shape index (κ1) is 16.2. The third-order valence-electron chi connectivity index (χ3n) is 4.83. The summed E-state index contributed by atoms with van der Waals surface area (Å²) in [6, 6.07) is 17.4. The molecule has 0 spiro atoms. The van der Waals surface area contributed by atoms with E-state index >= 15 is 0 Å². The number of rotatable bonds is 2. The zero-order valence-corrected chi connectivity index (χ0v) is 15.1. The topological polar surface area (TPSA) is 91.1 Å². The molecule has 0 atom stereocenters. The zero-order chi connectivity index (χ0) is 19.3. The van der Waals surface area contributed by atoms with Crippen LogP contribution in [0.3, 0.4) is 0 Å². The number of aromatic nitrogens is 5. The number of fused-ring (bicyclic) bond motifs is 3. The van der Waals surface area contributed by atoms with Crippen molar-refractivity contribution in [1.29, 1.82) is 0 Å². The predicted octanol–water partition coefficient (Wildman–Crippen LogP) is 2.89. The molecule has 0 aliphatic carbocycles. The number of anilines is 1. The van der Waals surface area contributed by atoms with E-state index in [9.17, 15) is 4.79 Å². The second-order valence-electron chi connectivity index (χ2n) is 6.59. The molecular formula is C21H16N6O. The second-order valence-corrected chi connectivity index (χ2v) is 6.59. The Labute approximate surface area is 159 Å². The molecule has 28 heavy (non-hydrogen) atoms. The highest BCUT2D eigenvalue weighted by Crippen LogP contribution is 2.25. The van der Waals surface area contributed by atoms with E-state index in [4.69, 9.17) is 10.8 Å². The summed E-state index contributed by atoms with van der Waals surface area (Å²) in [7, 11) is 1.76. The average Bonchev–Trinajstić information content (AvgIpc) is 3.19. The Bertz CT molecular complexity index is 1380. The summed E-state index contributed by atoms with van der Waals surface area (Å²) in [6.07, 6.45) is 3.13. The maximum atomic E-state index is 12.9. The molecule has 5 rings (SSSR count). The van der Waals surface area contributed by atoms with Crippen molar-refractivity contribution in [3.8, 4) is 22.5 Å². The van der Waals surface area contributed by atoms with Gasteiger partial charge in [0, 0.05) is 24.2 Å². The number of nitrogens with two attached hydrogens (primary N) is 1. The molecule has 3 heterocycles. The molecule has 2 aromatic carbocycles. The highest BCUT2D eigenvalue weighted by Gasteiger charge is 2.14. The normalized spacial score (nSPS) is 11.3. The zero-order valence-electron chi connectivity index (χ0n) is 15.1. The van der Waals surface area contributed by atoms with Gasteiger partial charge in [-0.3, -0.25) is 14.3 Å². The third kappa shape index (κ3) is 2.44. The molecule has 0 aliphatic rings. The van der Waals surface area contributed by atoms with Gasteiger partial charge in [-0.1, -0.05) is 36.4 Å². The van der Waals surface area contributed by atoms with Crippen LogP contribution in [0.2, 0.25) is 0 Å². The smallest absolute Gasteiger partial charge is 0.261 e. The molecule has 0 fully saturated rings. The maximum absolute atomic E-state index is 12.9. The summed E-state index contributed by atoms with van der Waals surface area (Å²) in [5, 5.41) is 5.35. The molecule has 0 amide bonds. The summed E-state index contributed by atoms with van der Waals surface area (Å²) in [5.41, 5.74) is 10.3. The summed E-state index contributed by atoms with van der Waals surface area (Å²) >= 11 is 0. The van der Waals surface area contributed by atoms with Gasteiger partial charge in [-0.15, -0.1) is 0 Å². The minimum absolute atomic E-state index is 0.0723. The molecule has 5 aromatic rings. The van der Waals surface area contributed by atoms with Crippen molar-refractivity contribution < 1.29 is 0 Å². The van der Waals surface area contributed by atoms with Crippen molar-refractivity contribution >= 4 is 22.4 Å². The van der Waals surface area contributed by atoms with Crippen LogP contribution >= 0.6 is 0 Å². The molecule has 0 radical (unpaired) electrons. The van der Waals surface area contributed by atoms with Crippen LogP contribution in [-0.2, 0) is 7.05 Å². The summed E-state index contributed by atoms with van der Waals surface area (Å²) in [5.74, 6) is 0.361. The molecule has 136 valence electrons. The first-order valence-electron chi connectivity index (χ1n) is 8.78. The minimum Gasteiger partial charge on any atom is -0.382 e. The largest absolute Gasteiger partial charge is 0.382 e. The van der Waals surface area contributed by atoms with E-state index in [1.807, 2.05) is 48.5 Å². The number of hydrogen-bond acceptors (Lipinski definition) is 5. The van der Waals surface area contributed by atoms with Crippen LogP contribution in [0.15, 0.2) is 71.8 Å². The Hall–Kier alpha value is -4.00. The Kier molecular flexibility index (Phi) is 3.48. The molecule has 0 unspecified atom stereocenters. The summed E-state index contributed by atoms with van der Waals surface area (Å²) in [4.78, 5) is 21.3. The predicted molar refractivity (Wildman–Crippen MR) is 109 cm³/mol. The molecule has 0 bridgehead atoms. The monoisotopic (exact) mass is 368 g/mol. The second kappa shape index (κ2) is 6.02. The molecule has 0 saturated carbocycles. The first-order valence-corrected chi connectivity index (χ1v) is 8.78. The van der Waals surface area contributed by atoms with Gasteiger partial charge in [-0.2, -0.15) is 5.10 Å². The number of aryl methyl sites for hydroxylation is 1. The van der Waals surface area contributed by atoms with E-state index in [1.54, 1.807) is 28.4 Å². The van der Waals surface area contributed by atoms with Gasteiger partial charge in [0.05, 0.1) is 34.7 Å². The van der Waals surface area contributed by atoms with E-state index < -0.39 is 0 Å². The Morgan fingerprint density at radius 3 is 2.46 bits per heavy atom. The van der Waals surface area contributed by atoms with Crippen LogP contribution < -0.4 is 11.3 Å². The number of benzene rings is 2. The van der Waals surface area contributed by atoms with Crippen LogP contribution in [0.1, 0.15) is 0 Å². The Morgan fingerprint density at radius 1 is 0.893 bits per heavy atom. The number of hydrogen-bond donors (Lipinski definition) is 1. The van der Waals surface area contributed by atoms with Crippen molar-refractivity contribution in [1.82, 2.24) is 24.1 Å². The van der Waals surface area contributed by atoms with Gasteiger partial charge in [0.15, 0.2) is 0 Å². The van der Waals surface area contributed by atoms with Gasteiger partial charge in [0.25, 0.3) is 5.56 Å². The standard InChI is InChI=1S/C21H16N6O/c1-26-20-10-16(13-5-3-2-4-6-13)25-27(20)18-9-14(7-8-15(18)21(26)28)17-11-24-19(22)12-23-17/h2-12H,1H3,(H2,22,24). The molecule has 3 aromatic heterocycles. The lowest BCUT2D eigenvalue weighted by Gasteiger charge is -2.08. The van der Waals surface area contributed by atoms with Gasteiger partial charge < -0.3 is 5.73 Å². The fourth-order valence-electron chi connectivity index (χ4n) is 3.36. The van der Waals surface area contributed by atoms with Gasteiger partial charge in [-0.05, 0) is 12.1 Å². The average molecular weight is 368 g/mol. The third-order valence-corrected chi connectivity index (χ3v) is 4.83. The van der Waals surface area contributed by atoms with Crippen LogP contribution in [0.4, 0.5) is 5.82 Å². The highest BCUT2D eigenvalue weighted by atomic mass is 16.1. The minimum atomic E-state index is -0.0723. The Morgan fingerprint density at radius 2 is 1.71 bits per heavy atom. The van der Waals surface area contributed by atoms with E-state index in [-0.39, 0.29) is 5.56 Å². The lowest BCUT2D eigenvalue weighted by Crippen LogP contribution is -2.19. The van der Waals surface area contributed by atoms with Crippen LogP contribution in [0, 0.1) is 0 Å². The fraction of sp³-hybridized carbons (Fsp3) is 0.0476. The molecule has 2 N–H and O–H groups in total. The van der Waals surface area contributed by atoms with Gasteiger partial charge in [0.2, 0.25) is 0 Å². The van der Waals surface area contributed by atoms with Gasteiger partial charge >= 0.3 is 0 Å². The van der Waals surface area contributed by atoms with Crippen molar-refractivity contribution in [3.05, 3.63) is 77.3 Å². The van der Waals surface area contributed by atoms with Crippen LogP contribution in [0.5, 0.6) is 0 Å². The lowest BCUT2D eigenvalue weighted by atomic mass is 10.1. The van der Waals surface area contributed by atoms with E-state index in [1.165, 1.54) is 6.20 Å². The van der Waals surface area contributed by atoms with Crippen molar-refractivity contribution in [2.24, 2.45) is 7.05 Å². The van der Waals surface area contributed by atoms with E-state index in [0.29, 0.717) is 16.9 Å². The SMILES string of the molecule is Cn1c(=O)c2ccc(-c3cnc(N)cn3)cc2n2nc(-c3ccccc3)cc12. The molecular weight excluding hydrogens is 352 g/mol. The molecule has 7 nitrogen and oxygen atoms in total. The fourth-order valence-corrected chi connectivity index (χ4v) is 3.36. The maximum Gasteiger partial charge on any atom is 0.261 e. The van der Waals surface area contributed by atoms with Crippen molar-refractivity contribution in [3.63, 3.8) is 0 Å². The van der Waals surface area contributed by atoms with E-state index in [2.05, 4.69) is 9.97 Å². The van der Waals surface area contributed by atoms with Gasteiger partial charge in [0.1, 0.15) is 11.5 Å². The van der Waals surface area contributed by atoms with Crippen LogP contribution in [-0.4, -0.2) is 24.1 Å².